The van der Waals surface area contributed by atoms with E-state index in [0.29, 0.717) is 26.4 Å². The Labute approximate surface area is 212 Å². The molecule has 0 amide bonds. The third-order valence-corrected chi connectivity index (χ3v) is 6.86. The Bertz CT molecular complexity index is 1620. The summed E-state index contributed by atoms with van der Waals surface area (Å²) in [6.45, 7) is 1.98. The molecule has 1 aromatic heterocycles. The van der Waals surface area contributed by atoms with E-state index in [9.17, 15) is 9.59 Å². The van der Waals surface area contributed by atoms with Crippen LogP contribution in [0.5, 0.6) is 5.75 Å². The van der Waals surface area contributed by atoms with E-state index >= 15 is 0 Å². The van der Waals surface area contributed by atoms with Gasteiger partial charge in [0.25, 0.3) is 5.56 Å². The molecule has 0 N–H and O–H groups in total. The van der Waals surface area contributed by atoms with Crippen LogP contribution in [-0.4, -0.2) is 24.3 Å². The summed E-state index contributed by atoms with van der Waals surface area (Å²) in [4.78, 5) is 32.6. The minimum atomic E-state index is -0.677. The maximum atomic E-state index is 13.8. The number of hydrogen-bond donors (Lipinski definition) is 0. The summed E-state index contributed by atoms with van der Waals surface area (Å²) in [6, 6.07) is 25.9. The van der Waals surface area contributed by atoms with Gasteiger partial charge >= 0.3 is 5.97 Å². The lowest BCUT2D eigenvalue weighted by molar-refractivity contribution is -0.138. The van der Waals surface area contributed by atoms with Crippen molar-refractivity contribution in [3.8, 4) is 5.75 Å². The van der Waals surface area contributed by atoms with Crippen molar-refractivity contribution in [3.63, 3.8) is 0 Å². The fourth-order valence-electron chi connectivity index (χ4n) is 4.27. The third kappa shape index (κ3) is 4.41. The van der Waals surface area contributed by atoms with E-state index in [-0.39, 0.29) is 12.2 Å². The molecule has 4 aromatic rings. The van der Waals surface area contributed by atoms with Gasteiger partial charge in [-0.05, 0) is 36.3 Å². The van der Waals surface area contributed by atoms with Crippen LogP contribution in [0.4, 0.5) is 0 Å². The Morgan fingerprint density at radius 3 is 2.44 bits per heavy atom. The Balaban J connectivity index is 1.81. The molecule has 0 unspecified atom stereocenters. The summed E-state index contributed by atoms with van der Waals surface area (Å²) >= 11 is 1.30. The molecule has 0 saturated heterocycles. The first-order chi connectivity index (χ1) is 17.6. The average Bonchev–Trinajstić information content (AvgIpc) is 3.23. The smallest absolute Gasteiger partial charge is 0.338 e. The average molecular weight is 497 g/mol. The molecule has 2 heterocycles. The fourth-order valence-corrected chi connectivity index (χ4v) is 5.27. The Morgan fingerprint density at radius 2 is 1.75 bits per heavy atom. The van der Waals surface area contributed by atoms with E-state index in [0.717, 1.165) is 16.7 Å². The molecule has 0 spiro atoms. The van der Waals surface area contributed by atoms with Gasteiger partial charge in [0.05, 0.1) is 35.6 Å². The predicted molar refractivity (Wildman–Crippen MR) is 140 cm³/mol. The van der Waals surface area contributed by atoms with Gasteiger partial charge in [-0.1, -0.05) is 84.1 Å². The highest BCUT2D eigenvalue weighted by Gasteiger charge is 2.35. The van der Waals surface area contributed by atoms with Gasteiger partial charge in [-0.2, -0.15) is 0 Å². The van der Waals surface area contributed by atoms with Gasteiger partial charge in [0, 0.05) is 5.56 Å². The number of thiazole rings is 1. The number of hydrogen-bond acceptors (Lipinski definition) is 6. The number of aromatic nitrogens is 1. The first-order valence-electron chi connectivity index (χ1n) is 11.6. The first kappa shape index (κ1) is 23.5. The number of ether oxygens (including phenoxy) is 2. The number of fused-ring (bicyclic) bond motifs is 1. The molecule has 7 heteroatoms. The maximum Gasteiger partial charge on any atom is 0.338 e. The standard InChI is InChI=1S/C29H24N2O4S/c1-3-35-28(33)24-25(20-12-6-4-7-13-20)30-29-31(26(24)21-14-8-5-9-15-21)27(32)23(36-29)18-19-11-10-16-22(17-19)34-2/h4-18,26H,3H2,1-2H3/b23-18+/t26-/m0/s1. The molecule has 1 aliphatic heterocycles. The Morgan fingerprint density at radius 1 is 1.03 bits per heavy atom. The zero-order valence-electron chi connectivity index (χ0n) is 19.9. The van der Waals surface area contributed by atoms with Crippen LogP contribution in [0, 0.1) is 0 Å². The molecule has 0 fully saturated rings. The van der Waals surface area contributed by atoms with Gasteiger partial charge in [-0.15, -0.1) is 0 Å². The monoisotopic (exact) mass is 496 g/mol. The number of carbonyl (C=O) groups is 1. The topological polar surface area (TPSA) is 69.9 Å². The molecular weight excluding hydrogens is 472 g/mol. The second-order valence-corrected chi connectivity index (χ2v) is 9.13. The van der Waals surface area contributed by atoms with Crippen LogP contribution in [0.3, 0.4) is 0 Å². The minimum absolute atomic E-state index is 0.214. The van der Waals surface area contributed by atoms with Crippen molar-refractivity contribution < 1.29 is 14.3 Å². The molecule has 180 valence electrons. The Kier molecular flexibility index (Phi) is 6.64. The molecular formula is C29H24N2O4S. The number of carbonyl (C=O) groups excluding carboxylic acids is 1. The van der Waals surface area contributed by atoms with Crippen molar-refractivity contribution in [2.75, 3.05) is 13.7 Å². The van der Waals surface area contributed by atoms with E-state index in [4.69, 9.17) is 14.5 Å². The number of methoxy groups -OCH3 is 1. The van der Waals surface area contributed by atoms with E-state index in [2.05, 4.69) is 0 Å². The van der Waals surface area contributed by atoms with Crippen molar-refractivity contribution >= 4 is 29.1 Å². The van der Waals surface area contributed by atoms with Crippen LogP contribution in [0.1, 0.15) is 29.7 Å². The molecule has 36 heavy (non-hydrogen) atoms. The summed E-state index contributed by atoms with van der Waals surface area (Å²) in [5, 5.41) is 0. The normalized spacial score (nSPS) is 15.3. The summed E-state index contributed by atoms with van der Waals surface area (Å²) < 4.78 is 12.9. The van der Waals surface area contributed by atoms with Crippen LogP contribution in [-0.2, 0) is 9.53 Å². The van der Waals surface area contributed by atoms with Crippen molar-refractivity contribution in [1.82, 2.24) is 4.57 Å². The van der Waals surface area contributed by atoms with Gasteiger partial charge in [-0.3, -0.25) is 9.36 Å². The van der Waals surface area contributed by atoms with Crippen LogP contribution < -0.4 is 19.6 Å². The van der Waals surface area contributed by atoms with Crippen LogP contribution >= 0.6 is 11.3 Å². The highest BCUT2D eigenvalue weighted by molar-refractivity contribution is 7.07. The molecule has 3 aromatic carbocycles. The first-order valence-corrected chi connectivity index (χ1v) is 12.4. The van der Waals surface area contributed by atoms with Gasteiger partial charge in [-0.25, -0.2) is 9.79 Å². The third-order valence-electron chi connectivity index (χ3n) is 5.88. The Hall–Kier alpha value is -4.23. The summed E-state index contributed by atoms with van der Waals surface area (Å²) in [5.74, 6) is 0.214. The van der Waals surface area contributed by atoms with E-state index < -0.39 is 12.0 Å². The molecule has 1 atom stereocenters. The zero-order chi connectivity index (χ0) is 25.1. The SMILES string of the molecule is CCOC(=O)C1=C(c2ccccc2)N=c2s/c(=C/c3cccc(OC)c3)c(=O)n2[C@H]1c1ccccc1. The highest BCUT2D eigenvalue weighted by Crippen LogP contribution is 2.35. The quantitative estimate of drug-likeness (QED) is 0.379. The van der Waals surface area contributed by atoms with Gasteiger partial charge in [0.2, 0.25) is 0 Å². The lowest BCUT2D eigenvalue weighted by Gasteiger charge is -2.25. The molecule has 0 radical (unpaired) electrons. The second kappa shape index (κ2) is 10.2. The summed E-state index contributed by atoms with van der Waals surface area (Å²) in [6.07, 6.45) is 1.82. The molecule has 1 aliphatic rings. The van der Waals surface area contributed by atoms with E-state index in [1.54, 1.807) is 18.6 Å². The van der Waals surface area contributed by atoms with E-state index in [1.165, 1.54) is 11.3 Å². The van der Waals surface area contributed by atoms with Crippen LogP contribution in [0.25, 0.3) is 11.8 Å². The number of rotatable bonds is 6. The lowest BCUT2D eigenvalue weighted by atomic mass is 9.93. The van der Waals surface area contributed by atoms with Gasteiger partial charge in [0.1, 0.15) is 5.75 Å². The van der Waals surface area contributed by atoms with Crippen molar-refractivity contribution in [2.24, 2.45) is 4.99 Å². The van der Waals surface area contributed by atoms with Gasteiger partial charge in [0.15, 0.2) is 4.80 Å². The van der Waals surface area contributed by atoms with Crippen molar-refractivity contribution in [2.45, 2.75) is 13.0 Å². The summed E-state index contributed by atoms with van der Waals surface area (Å²) in [5.41, 5.74) is 3.06. The number of esters is 1. The van der Waals surface area contributed by atoms with Crippen LogP contribution in [0.2, 0.25) is 0 Å². The van der Waals surface area contributed by atoms with Gasteiger partial charge < -0.3 is 9.47 Å². The minimum Gasteiger partial charge on any atom is -0.497 e. The molecule has 0 saturated carbocycles. The molecule has 5 rings (SSSR count). The summed E-state index contributed by atoms with van der Waals surface area (Å²) in [7, 11) is 1.61. The largest absolute Gasteiger partial charge is 0.497 e. The highest BCUT2D eigenvalue weighted by atomic mass is 32.1. The lowest BCUT2D eigenvalue weighted by Crippen LogP contribution is -2.39. The van der Waals surface area contributed by atoms with Crippen molar-refractivity contribution in [3.05, 3.63) is 127 Å². The molecule has 0 aliphatic carbocycles. The molecule has 6 nitrogen and oxygen atoms in total. The zero-order valence-corrected chi connectivity index (χ0v) is 20.7. The number of benzene rings is 3. The predicted octanol–water partition coefficient (Wildman–Crippen LogP) is 3.94. The molecule has 0 bridgehead atoms. The maximum absolute atomic E-state index is 13.8. The number of nitrogens with zero attached hydrogens (tertiary/aromatic N) is 2. The second-order valence-electron chi connectivity index (χ2n) is 8.12. The van der Waals surface area contributed by atoms with Crippen molar-refractivity contribution in [1.29, 1.82) is 0 Å². The van der Waals surface area contributed by atoms with E-state index in [1.807, 2.05) is 91.0 Å². The fraction of sp³-hybridized carbons (Fsp3) is 0.138. The van der Waals surface area contributed by atoms with Crippen LogP contribution in [0.15, 0.2) is 100 Å².